The molecule has 0 spiro atoms. The molecule has 2 aliphatic rings. The third-order valence-electron chi connectivity index (χ3n) is 2.43. The highest BCUT2D eigenvalue weighted by atomic mass is 32.2. The first-order valence-electron chi connectivity index (χ1n) is 5.03. The van der Waals surface area contributed by atoms with E-state index in [-0.39, 0.29) is 6.03 Å². The minimum atomic E-state index is -0.304. The van der Waals surface area contributed by atoms with Gasteiger partial charge in [0.2, 0.25) is 0 Å². The van der Waals surface area contributed by atoms with Crippen molar-refractivity contribution in [2.24, 2.45) is 15.9 Å². The molecule has 0 aromatic rings. The predicted molar refractivity (Wildman–Crippen MR) is 60.3 cm³/mol. The van der Waals surface area contributed by atoms with Crippen molar-refractivity contribution in [2.75, 3.05) is 0 Å². The van der Waals surface area contributed by atoms with Crippen LogP contribution < -0.4 is 0 Å². The molecule has 1 aliphatic carbocycles. The van der Waals surface area contributed by atoms with Gasteiger partial charge < -0.3 is 0 Å². The maximum Gasteiger partial charge on any atom is 0.367 e. The SMILES string of the molecule is CC(C)SC1=NC(=O)N=C2CCCC21. The summed E-state index contributed by atoms with van der Waals surface area (Å²) in [6.07, 6.45) is 3.24. The van der Waals surface area contributed by atoms with Crippen LogP contribution in [0.3, 0.4) is 0 Å². The summed E-state index contributed by atoms with van der Waals surface area (Å²) in [5.41, 5.74) is 1.06. The number of amides is 2. The molecule has 0 aromatic carbocycles. The maximum absolute atomic E-state index is 11.2. The van der Waals surface area contributed by atoms with Gasteiger partial charge in [0.25, 0.3) is 0 Å². The normalized spacial score (nSPS) is 26.2. The lowest BCUT2D eigenvalue weighted by molar-refractivity contribution is 0.256. The number of rotatable bonds is 1. The number of aliphatic imine (C=N–C) groups is 2. The number of urea groups is 1. The Hall–Kier alpha value is -0.640. The van der Waals surface area contributed by atoms with Gasteiger partial charge in [0.05, 0.1) is 5.04 Å². The first-order valence-corrected chi connectivity index (χ1v) is 5.91. The Labute approximate surface area is 88.1 Å². The van der Waals surface area contributed by atoms with Crippen LogP contribution in [0, 0.1) is 5.92 Å². The fraction of sp³-hybridized carbons (Fsp3) is 0.700. The highest BCUT2D eigenvalue weighted by Gasteiger charge is 2.32. The average Bonchev–Trinajstić information content (AvgIpc) is 2.50. The van der Waals surface area contributed by atoms with Gasteiger partial charge in [0, 0.05) is 16.9 Å². The van der Waals surface area contributed by atoms with Gasteiger partial charge in [-0.05, 0) is 19.3 Å². The molecule has 0 radical (unpaired) electrons. The van der Waals surface area contributed by atoms with Crippen LogP contribution in [0.4, 0.5) is 4.79 Å². The molecule has 0 N–H and O–H groups in total. The zero-order chi connectivity index (χ0) is 10.1. The topological polar surface area (TPSA) is 41.8 Å². The Morgan fingerprint density at radius 1 is 1.43 bits per heavy atom. The van der Waals surface area contributed by atoms with E-state index in [1.54, 1.807) is 11.8 Å². The highest BCUT2D eigenvalue weighted by Crippen LogP contribution is 2.32. The standard InChI is InChI=1S/C10H14N2OS/c1-6(2)14-9-7-4-3-5-8(7)11-10(13)12-9/h6-7H,3-5H2,1-2H3. The Morgan fingerprint density at radius 2 is 2.21 bits per heavy atom. The van der Waals surface area contributed by atoms with Crippen LogP contribution >= 0.6 is 11.8 Å². The van der Waals surface area contributed by atoms with Gasteiger partial charge in [0.15, 0.2) is 0 Å². The summed E-state index contributed by atoms with van der Waals surface area (Å²) < 4.78 is 0. The summed E-state index contributed by atoms with van der Waals surface area (Å²) in [5.74, 6) is 0.361. The molecule has 0 bridgehead atoms. The van der Waals surface area contributed by atoms with Crippen molar-refractivity contribution in [3.05, 3.63) is 0 Å². The summed E-state index contributed by atoms with van der Waals surface area (Å²) in [7, 11) is 0. The third-order valence-corrected chi connectivity index (χ3v) is 3.52. The first-order chi connectivity index (χ1) is 6.66. The number of thioether (sulfide) groups is 1. The third kappa shape index (κ3) is 1.90. The Balaban J connectivity index is 2.19. The number of hydrogen-bond donors (Lipinski definition) is 0. The summed E-state index contributed by atoms with van der Waals surface area (Å²) in [6.45, 7) is 4.25. The molecule has 2 rings (SSSR count). The smallest absolute Gasteiger partial charge is 0.244 e. The first kappa shape index (κ1) is 9.90. The van der Waals surface area contributed by atoms with Gasteiger partial charge in [-0.3, -0.25) is 0 Å². The minimum Gasteiger partial charge on any atom is -0.244 e. The molecule has 3 nitrogen and oxygen atoms in total. The molecule has 1 atom stereocenters. The van der Waals surface area contributed by atoms with Crippen LogP contribution in [0.15, 0.2) is 9.98 Å². The quantitative estimate of drug-likeness (QED) is 0.667. The summed E-state index contributed by atoms with van der Waals surface area (Å²) in [6, 6.07) is -0.304. The molecule has 14 heavy (non-hydrogen) atoms. The fourth-order valence-corrected chi connectivity index (χ4v) is 2.93. The number of carbonyl (C=O) groups excluding carboxylic acids is 1. The van der Waals surface area contributed by atoms with Crippen molar-refractivity contribution < 1.29 is 4.79 Å². The average molecular weight is 210 g/mol. The Morgan fingerprint density at radius 3 is 2.93 bits per heavy atom. The molecule has 2 amide bonds. The maximum atomic E-state index is 11.2. The zero-order valence-electron chi connectivity index (χ0n) is 8.49. The van der Waals surface area contributed by atoms with Crippen molar-refractivity contribution in [1.82, 2.24) is 0 Å². The zero-order valence-corrected chi connectivity index (χ0v) is 9.30. The van der Waals surface area contributed by atoms with Crippen molar-refractivity contribution in [1.29, 1.82) is 0 Å². The van der Waals surface area contributed by atoms with Gasteiger partial charge in [-0.25, -0.2) is 9.79 Å². The molecule has 1 heterocycles. The molecule has 1 saturated carbocycles. The van der Waals surface area contributed by atoms with Gasteiger partial charge in [0.1, 0.15) is 0 Å². The molecular weight excluding hydrogens is 196 g/mol. The Bertz CT molecular complexity index is 320. The second kappa shape index (κ2) is 3.85. The van der Waals surface area contributed by atoms with Crippen molar-refractivity contribution in [3.8, 4) is 0 Å². The van der Waals surface area contributed by atoms with Crippen LogP contribution in [-0.4, -0.2) is 22.0 Å². The Kier molecular flexibility index (Phi) is 2.72. The van der Waals surface area contributed by atoms with Gasteiger partial charge in [-0.1, -0.05) is 13.8 Å². The molecule has 0 aromatic heterocycles. The lowest BCUT2D eigenvalue weighted by Crippen LogP contribution is -2.23. The second-order valence-corrected chi connectivity index (χ2v) is 5.54. The molecule has 0 saturated heterocycles. The fourth-order valence-electron chi connectivity index (χ4n) is 1.90. The van der Waals surface area contributed by atoms with E-state index in [9.17, 15) is 4.79 Å². The molecule has 1 aliphatic heterocycles. The van der Waals surface area contributed by atoms with E-state index in [0.29, 0.717) is 11.2 Å². The molecule has 4 heteroatoms. The second-order valence-electron chi connectivity index (χ2n) is 3.95. The summed E-state index contributed by atoms with van der Waals surface area (Å²) in [5, 5.41) is 1.48. The largest absolute Gasteiger partial charge is 0.367 e. The van der Waals surface area contributed by atoms with Crippen LogP contribution in [0.1, 0.15) is 33.1 Å². The number of carbonyl (C=O) groups is 1. The molecule has 76 valence electrons. The molecule has 1 unspecified atom stereocenters. The predicted octanol–water partition coefficient (Wildman–Crippen LogP) is 2.90. The lowest BCUT2D eigenvalue weighted by Gasteiger charge is -2.18. The van der Waals surface area contributed by atoms with E-state index in [1.165, 1.54) is 0 Å². The number of hydrogen-bond acceptors (Lipinski definition) is 2. The van der Waals surface area contributed by atoms with E-state index in [0.717, 1.165) is 30.0 Å². The molecule has 1 fully saturated rings. The van der Waals surface area contributed by atoms with E-state index < -0.39 is 0 Å². The van der Waals surface area contributed by atoms with Crippen molar-refractivity contribution in [2.45, 2.75) is 38.4 Å². The van der Waals surface area contributed by atoms with Gasteiger partial charge in [-0.15, -0.1) is 11.8 Å². The van der Waals surface area contributed by atoms with Crippen LogP contribution in [0.25, 0.3) is 0 Å². The monoisotopic (exact) mass is 210 g/mol. The number of fused-ring (bicyclic) bond motifs is 1. The van der Waals surface area contributed by atoms with Gasteiger partial charge >= 0.3 is 6.03 Å². The lowest BCUT2D eigenvalue weighted by atomic mass is 10.1. The summed E-state index contributed by atoms with van der Waals surface area (Å²) >= 11 is 1.70. The van der Waals surface area contributed by atoms with Crippen molar-refractivity contribution in [3.63, 3.8) is 0 Å². The number of nitrogens with zero attached hydrogens (tertiary/aromatic N) is 2. The van der Waals surface area contributed by atoms with Crippen molar-refractivity contribution >= 4 is 28.5 Å². The van der Waals surface area contributed by atoms with E-state index in [1.807, 2.05) is 0 Å². The van der Waals surface area contributed by atoms with E-state index >= 15 is 0 Å². The van der Waals surface area contributed by atoms with Gasteiger partial charge in [-0.2, -0.15) is 4.99 Å². The van der Waals surface area contributed by atoms with Crippen LogP contribution in [0.5, 0.6) is 0 Å². The van der Waals surface area contributed by atoms with Crippen LogP contribution in [0.2, 0.25) is 0 Å². The highest BCUT2D eigenvalue weighted by molar-refractivity contribution is 8.14. The van der Waals surface area contributed by atoms with E-state index in [4.69, 9.17) is 0 Å². The minimum absolute atomic E-state index is 0.304. The van der Waals surface area contributed by atoms with Crippen LogP contribution in [-0.2, 0) is 0 Å². The summed E-state index contributed by atoms with van der Waals surface area (Å²) in [4.78, 5) is 19.2. The van der Waals surface area contributed by atoms with E-state index in [2.05, 4.69) is 23.8 Å². The molecular formula is C10H14N2OS.